The summed E-state index contributed by atoms with van der Waals surface area (Å²) in [5, 5.41) is 12.8. The maximum atomic E-state index is 4.62. The highest BCUT2D eigenvalue weighted by molar-refractivity contribution is 5.50. The van der Waals surface area contributed by atoms with Crippen LogP contribution in [-0.4, -0.2) is 30.9 Å². The fourth-order valence-corrected chi connectivity index (χ4v) is 3.34. The van der Waals surface area contributed by atoms with Gasteiger partial charge in [-0.3, -0.25) is 4.68 Å². The summed E-state index contributed by atoms with van der Waals surface area (Å²) in [5.74, 6) is 1.02. The Hall–Kier alpha value is -2.37. The van der Waals surface area contributed by atoms with Crippen molar-refractivity contribution in [3.63, 3.8) is 0 Å². The van der Waals surface area contributed by atoms with Crippen LogP contribution in [0.3, 0.4) is 0 Å². The first-order valence-electron chi connectivity index (χ1n) is 8.53. The monoisotopic (exact) mass is 324 g/mol. The number of aryl methyl sites for hydroxylation is 4. The largest absolute Gasteiger partial charge is 0.369 e. The lowest BCUT2D eigenvalue weighted by atomic mass is 10.1. The first-order chi connectivity index (χ1) is 11.4. The summed E-state index contributed by atoms with van der Waals surface area (Å²) in [6.45, 7) is 10.1. The molecule has 0 radical (unpaired) electrons. The summed E-state index contributed by atoms with van der Waals surface area (Å²) in [6, 6.07) is 6.23. The van der Waals surface area contributed by atoms with Gasteiger partial charge in [0.1, 0.15) is 5.82 Å². The van der Waals surface area contributed by atoms with Gasteiger partial charge in [-0.25, -0.2) is 4.98 Å². The second-order valence-corrected chi connectivity index (χ2v) is 7.28. The molecule has 24 heavy (non-hydrogen) atoms. The molecule has 126 valence electrons. The van der Waals surface area contributed by atoms with E-state index in [-0.39, 0.29) is 0 Å². The third-order valence-corrected chi connectivity index (χ3v) is 4.87. The molecule has 6 nitrogen and oxygen atoms in total. The minimum absolute atomic E-state index is 0.301. The molecule has 3 heterocycles. The van der Waals surface area contributed by atoms with Crippen molar-refractivity contribution in [1.29, 1.82) is 0 Å². The minimum Gasteiger partial charge on any atom is -0.369 e. The molecule has 0 unspecified atom stereocenters. The molecule has 1 N–H and O–H groups in total. The third-order valence-electron chi connectivity index (χ3n) is 4.87. The van der Waals surface area contributed by atoms with Gasteiger partial charge in [-0.05, 0) is 46.6 Å². The number of nitrogens with zero attached hydrogens (tertiary/aromatic N) is 5. The molecule has 0 aliphatic heterocycles. The van der Waals surface area contributed by atoms with Gasteiger partial charge in [0.05, 0.1) is 11.4 Å². The lowest BCUT2D eigenvalue weighted by Crippen LogP contribution is -2.23. The van der Waals surface area contributed by atoms with Crippen molar-refractivity contribution in [1.82, 2.24) is 24.4 Å². The van der Waals surface area contributed by atoms with Gasteiger partial charge in [0.15, 0.2) is 5.65 Å². The number of hydrogen-bond donors (Lipinski definition) is 1. The third kappa shape index (κ3) is 2.77. The Bertz CT molecular complexity index is 900. The zero-order valence-corrected chi connectivity index (χ0v) is 14.8. The second kappa shape index (κ2) is 5.33. The van der Waals surface area contributed by atoms with E-state index < -0.39 is 0 Å². The van der Waals surface area contributed by atoms with E-state index >= 15 is 0 Å². The van der Waals surface area contributed by atoms with Gasteiger partial charge >= 0.3 is 0 Å². The zero-order valence-electron chi connectivity index (χ0n) is 14.8. The van der Waals surface area contributed by atoms with E-state index in [0.717, 1.165) is 41.6 Å². The fraction of sp³-hybridized carbons (Fsp3) is 0.500. The van der Waals surface area contributed by atoms with Crippen molar-refractivity contribution in [2.24, 2.45) is 5.41 Å². The van der Waals surface area contributed by atoms with Crippen LogP contribution in [0.25, 0.3) is 5.65 Å². The van der Waals surface area contributed by atoms with Crippen LogP contribution in [0.2, 0.25) is 0 Å². The second-order valence-electron chi connectivity index (χ2n) is 7.28. The van der Waals surface area contributed by atoms with E-state index in [4.69, 9.17) is 0 Å². The summed E-state index contributed by atoms with van der Waals surface area (Å²) < 4.78 is 4.05. The van der Waals surface area contributed by atoms with Gasteiger partial charge in [-0.1, -0.05) is 0 Å². The molecule has 1 saturated carbocycles. The molecule has 0 amide bonds. The van der Waals surface area contributed by atoms with Crippen LogP contribution in [0.1, 0.15) is 35.6 Å². The van der Waals surface area contributed by atoms with Crippen molar-refractivity contribution in [3.8, 4) is 0 Å². The lowest BCUT2D eigenvalue weighted by Gasteiger charge is -2.18. The number of nitrogens with one attached hydrogen (secondary N) is 1. The molecule has 0 spiro atoms. The number of aromatic nitrogens is 5. The smallest absolute Gasteiger partial charge is 0.157 e. The molecule has 0 saturated heterocycles. The van der Waals surface area contributed by atoms with Crippen LogP contribution in [0.4, 0.5) is 5.82 Å². The van der Waals surface area contributed by atoms with E-state index in [1.165, 1.54) is 18.5 Å². The van der Waals surface area contributed by atoms with Crippen molar-refractivity contribution in [3.05, 3.63) is 41.0 Å². The zero-order chi connectivity index (χ0) is 16.9. The minimum atomic E-state index is 0.301. The number of hydrogen-bond acceptors (Lipinski definition) is 4. The average Bonchev–Trinajstić information content (AvgIpc) is 3.05. The maximum absolute atomic E-state index is 4.62. The Balaban J connectivity index is 1.53. The summed E-state index contributed by atoms with van der Waals surface area (Å²) in [7, 11) is 0. The Morgan fingerprint density at radius 1 is 1.00 bits per heavy atom. The quantitative estimate of drug-likeness (QED) is 0.783. The van der Waals surface area contributed by atoms with Crippen LogP contribution in [0.15, 0.2) is 18.2 Å². The maximum Gasteiger partial charge on any atom is 0.157 e. The normalized spacial score (nSPS) is 15.8. The molecule has 3 aromatic heterocycles. The molecular weight excluding hydrogens is 300 g/mol. The topological polar surface area (TPSA) is 60.0 Å². The molecule has 1 aliphatic rings. The summed E-state index contributed by atoms with van der Waals surface area (Å²) in [5.41, 5.74) is 5.53. The Labute approximate surface area is 141 Å². The predicted molar refractivity (Wildman–Crippen MR) is 94.3 cm³/mol. The number of fused-ring (bicyclic) bond motifs is 1. The van der Waals surface area contributed by atoms with Crippen molar-refractivity contribution in [2.45, 2.75) is 47.1 Å². The van der Waals surface area contributed by atoms with E-state index in [1.807, 2.05) is 24.4 Å². The Morgan fingerprint density at radius 2 is 1.75 bits per heavy atom. The van der Waals surface area contributed by atoms with Gasteiger partial charge in [0, 0.05) is 42.0 Å². The highest BCUT2D eigenvalue weighted by Crippen LogP contribution is 2.47. The van der Waals surface area contributed by atoms with Gasteiger partial charge < -0.3 is 5.32 Å². The van der Waals surface area contributed by atoms with E-state index in [9.17, 15) is 0 Å². The molecule has 1 fully saturated rings. The van der Waals surface area contributed by atoms with Gasteiger partial charge in [0.2, 0.25) is 0 Å². The fourth-order valence-electron chi connectivity index (χ4n) is 3.34. The number of anilines is 1. The Kier molecular flexibility index (Phi) is 3.37. The molecule has 3 aromatic rings. The lowest BCUT2D eigenvalue weighted by molar-refractivity contribution is 0.409. The number of rotatable bonds is 5. The summed E-state index contributed by atoms with van der Waals surface area (Å²) in [6.07, 6.45) is 2.48. The molecule has 0 atom stereocenters. The highest BCUT2D eigenvalue weighted by atomic mass is 15.3. The Morgan fingerprint density at radius 3 is 2.42 bits per heavy atom. The molecule has 1 aliphatic carbocycles. The highest BCUT2D eigenvalue weighted by Gasteiger charge is 2.43. The van der Waals surface area contributed by atoms with E-state index in [0.29, 0.717) is 5.41 Å². The standard InChI is InChI=1S/C18H24N6/c1-12-8-16(24-17(20-12)9-14(3)22-24)19-10-18(5-6-18)11-23-15(4)7-13(2)21-23/h7-9,19H,5-6,10-11H2,1-4H3. The van der Waals surface area contributed by atoms with Gasteiger partial charge in [-0.15, -0.1) is 0 Å². The van der Waals surface area contributed by atoms with Crippen LogP contribution < -0.4 is 5.32 Å². The van der Waals surface area contributed by atoms with Crippen LogP contribution in [0.5, 0.6) is 0 Å². The van der Waals surface area contributed by atoms with Gasteiger partial charge in [-0.2, -0.15) is 14.7 Å². The summed E-state index contributed by atoms with van der Waals surface area (Å²) in [4.78, 5) is 4.55. The molecule has 6 heteroatoms. The molecule has 0 bridgehead atoms. The van der Waals surface area contributed by atoms with Crippen molar-refractivity contribution >= 4 is 11.5 Å². The van der Waals surface area contributed by atoms with Crippen LogP contribution >= 0.6 is 0 Å². The molecule has 4 rings (SSSR count). The SMILES string of the molecule is Cc1cc(NCC2(Cn3nc(C)cc3C)CC2)n2nc(C)cc2n1. The first-order valence-corrected chi connectivity index (χ1v) is 8.53. The van der Waals surface area contributed by atoms with E-state index in [1.54, 1.807) is 0 Å². The summed E-state index contributed by atoms with van der Waals surface area (Å²) >= 11 is 0. The predicted octanol–water partition coefficient (Wildman–Crippen LogP) is 3.05. The van der Waals surface area contributed by atoms with Crippen LogP contribution in [0, 0.1) is 33.1 Å². The van der Waals surface area contributed by atoms with E-state index in [2.05, 4.69) is 51.2 Å². The van der Waals surface area contributed by atoms with Crippen molar-refractivity contribution in [2.75, 3.05) is 11.9 Å². The van der Waals surface area contributed by atoms with Gasteiger partial charge in [0.25, 0.3) is 0 Å². The molecular formula is C18H24N6. The average molecular weight is 324 g/mol. The van der Waals surface area contributed by atoms with Crippen LogP contribution in [-0.2, 0) is 6.54 Å². The first kappa shape index (κ1) is 15.2. The van der Waals surface area contributed by atoms with Crippen molar-refractivity contribution < 1.29 is 0 Å². The molecule has 0 aromatic carbocycles.